The highest BCUT2D eigenvalue weighted by atomic mass is 16.5. The monoisotopic (exact) mass is 474 g/mol. The third kappa shape index (κ3) is 3.85. The Bertz CT molecular complexity index is 1430. The lowest BCUT2D eigenvalue weighted by atomic mass is 9.93. The third-order valence-corrected chi connectivity index (χ3v) is 6.75. The van der Waals surface area contributed by atoms with E-state index < -0.39 is 6.10 Å². The van der Waals surface area contributed by atoms with Gasteiger partial charge in [0.1, 0.15) is 30.1 Å². The molecule has 0 spiro atoms. The van der Waals surface area contributed by atoms with Crippen LogP contribution >= 0.6 is 0 Å². The van der Waals surface area contributed by atoms with Crippen molar-refractivity contribution in [2.75, 3.05) is 11.5 Å². The van der Waals surface area contributed by atoms with Crippen LogP contribution in [0, 0.1) is 0 Å². The zero-order chi connectivity index (χ0) is 24.1. The molecular weight excluding hydrogens is 448 g/mol. The molecule has 0 radical (unpaired) electrons. The minimum absolute atomic E-state index is 0.0114. The van der Waals surface area contributed by atoms with Crippen LogP contribution < -0.4 is 16.8 Å². The maximum absolute atomic E-state index is 13.1. The van der Waals surface area contributed by atoms with E-state index >= 15 is 0 Å². The molecule has 1 fully saturated rings. The summed E-state index contributed by atoms with van der Waals surface area (Å²) in [5.74, 6) is 0.522. The number of carbonyl (C=O) groups excluding carboxylic acids is 1. The van der Waals surface area contributed by atoms with E-state index in [0.29, 0.717) is 30.7 Å². The van der Waals surface area contributed by atoms with Crippen LogP contribution in [0.1, 0.15) is 36.7 Å². The topological polar surface area (TPSA) is 165 Å². The summed E-state index contributed by atoms with van der Waals surface area (Å²) in [6, 6.07) is 1.90. The van der Waals surface area contributed by atoms with Crippen LogP contribution in [0.25, 0.3) is 22.3 Å². The Morgan fingerprint density at radius 3 is 2.91 bits per heavy atom. The molecule has 1 amide bonds. The van der Waals surface area contributed by atoms with E-state index in [9.17, 15) is 4.79 Å². The molecule has 0 bridgehead atoms. The molecule has 4 aromatic rings. The summed E-state index contributed by atoms with van der Waals surface area (Å²) in [6.45, 7) is 0. The second-order valence-electron chi connectivity index (χ2n) is 9.09. The SMILES string of the molecule is Cn1ccc(-c2cn(C3CCC(C(=O)NC4CCc5cnc(N)nc5C4)O3)c3ncnc(N)c23)n1. The fourth-order valence-corrected chi connectivity index (χ4v) is 5.02. The first-order valence-electron chi connectivity index (χ1n) is 11.6. The molecule has 35 heavy (non-hydrogen) atoms. The zero-order valence-electron chi connectivity index (χ0n) is 19.3. The molecule has 12 heteroatoms. The number of fused-ring (bicyclic) bond motifs is 2. The molecule has 3 atom stereocenters. The molecule has 0 aromatic carbocycles. The number of nitrogen functional groups attached to an aromatic ring is 2. The fourth-order valence-electron chi connectivity index (χ4n) is 5.02. The maximum Gasteiger partial charge on any atom is 0.249 e. The minimum atomic E-state index is -0.549. The maximum atomic E-state index is 13.1. The number of hydrogen-bond acceptors (Lipinski definition) is 9. The fraction of sp³-hybridized carbons (Fsp3) is 0.391. The molecule has 1 saturated heterocycles. The second-order valence-corrected chi connectivity index (χ2v) is 9.09. The van der Waals surface area contributed by atoms with Gasteiger partial charge in [-0.25, -0.2) is 19.9 Å². The van der Waals surface area contributed by atoms with Crippen LogP contribution in [0.2, 0.25) is 0 Å². The lowest BCUT2D eigenvalue weighted by molar-refractivity contribution is -0.134. The van der Waals surface area contributed by atoms with Crippen LogP contribution in [0.4, 0.5) is 11.8 Å². The Balaban J connectivity index is 1.20. The van der Waals surface area contributed by atoms with Gasteiger partial charge in [-0.15, -0.1) is 0 Å². The van der Waals surface area contributed by atoms with Gasteiger partial charge in [-0.1, -0.05) is 0 Å². The Hall–Kier alpha value is -4.06. The molecule has 12 nitrogen and oxygen atoms in total. The normalized spacial score (nSPS) is 21.8. The summed E-state index contributed by atoms with van der Waals surface area (Å²) in [5, 5.41) is 8.38. The first kappa shape index (κ1) is 21.5. The van der Waals surface area contributed by atoms with Crippen molar-refractivity contribution in [3.8, 4) is 11.3 Å². The van der Waals surface area contributed by atoms with E-state index in [1.54, 1.807) is 10.9 Å². The lowest BCUT2D eigenvalue weighted by Gasteiger charge is -2.25. The number of nitrogens with zero attached hydrogens (tertiary/aromatic N) is 7. The Morgan fingerprint density at radius 2 is 2.09 bits per heavy atom. The largest absolute Gasteiger partial charge is 0.383 e. The van der Waals surface area contributed by atoms with Gasteiger partial charge in [-0.3, -0.25) is 9.48 Å². The summed E-state index contributed by atoms with van der Waals surface area (Å²) in [4.78, 5) is 30.1. The number of aryl methyl sites for hydroxylation is 2. The standard InChI is InChI=1S/C23H26N10O2/c1-32-7-6-15(31-32)14-10-33(21-19(14)20(24)27-11-28-21)18-5-4-17(35-18)22(34)29-13-3-2-12-9-26-23(25)30-16(12)8-13/h6-7,9-11,13,17-18H,2-5,8H2,1H3,(H,29,34)(H2,24,27,28)(H2,25,26,30). The van der Waals surface area contributed by atoms with Gasteiger partial charge >= 0.3 is 0 Å². The third-order valence-electron chi connectivity index (χ3n) is 6.75. The number of ether oxygens (including phenoxy) is 1. The van der Waals surface area contributed by atoms with E-state index in [4.69, 9.17) is 16.2 Å². The van der Waals surface area contributed by atoms with Crippen molar-refractivity contribution < 1.29 is 9.53 Å². The predicted octanol–water partition coefficient (Wildman–Crippen LogP) is 1.14. The smallest absolute Gasteiger partial charge is 0.249 e. The van der Waals surface area contributed by atoms with Crippen LogP contribution in [0.5, 0.6) is 0 Å². The quantitative estimate of drug-likeness (QED) is 0.393. The molecule has 180 valence electrons. The van der Waals surface area contributed by atoms with Crippen molar-refractivity contribution >= 4 is 28.7 Å². The summed E-state index contributed by atoms with van der Waals surface area (Å²) >= 11 is 0. The average molecular weight is 475 g/mol. The van der Waals surface area contributed by atoms with Gasteiger partial charge in [-0.2, -0.15) is 5.10 Å². The van der Waals surface area contributed by atoms with Crippen LogP contribution in [0.3, 0.4) is 0 Å². The predicted molar refractivity (Wildman–Crippen MR) is 128 cm³/mol. The van der Waals surface area contributed by atoms with Gasteiger partial charge in [0, 0.05) is 43.7 Å². The van der Waals surface area contributed by atoms with Crippen molar-refractivity contribution in [3.05, 3.63) is 42.2 Å². The molecule has 1 aliphatic carbocycles. The van der Waals surface area contributed by atoms with E-state index in [2.05, 4.69) is 30.4 Å². The molecular formula is C23H26N10O2. The number of carbonyl (C=O) groups is 1. The Labute approximate surface area is 200 Å². The Kier molecular flexibility index (Phi) is 5.10. The molecule has 1 aliphatic heterocycles. The lowest BCUT2D eigenvalue weighted by Crippen LogP contribution is -2.44. The van der Waals surface area contributed by atoms with Crippen molar-refractivity contribution in [2.45, 2.75) is 50.5 Å². The molecule has 6 rings (SSSR count). The van der Waals surface area contributed by atoms with Crippen LogP contribution in [-0.2, 0) is 29.4 Å². The highest BCUT2D eigenvalue weighted by molar-refractivity contribution is 5.99. The first-order valence-corrected chi connectivity index (χ1v) is 11.6. The molecule has 2 aliphatic rings. The van der Waals surface area contributed by atoms with Crippen molar-refractivity contribution in [1.82, 2.24) is 39.6 Å². The van der Waals surface area contributed by atoms with E-state index in [1.807, 2.05) is 30.1 Å². The van der Waals surface area contributed by atoms with Gasteiger partial charge in [-0.05, 0) is 37.3 Å². The number of hydrogen-bond donors (Lipinski definition) is 3. The molecule has 0 saturated carbocycles. The van der Waals surface area contributed by atoms with Crippen LogP contribution in [0.15, 0.2) is 31.0 Å². The first-order chi connectivity index (χ1) is 17.0. The van der Waals surface area contributed by atoms with Crippen molar-refractivity contribution in [1.29, 1.82) is 0 Å². The minimum Gasteiger partial charge on any atom is -0.383 e. The van der Waals surface area contributed by atoms with Gasteiger partial charge in [0.15, 0.2) is 0 Å². The summed E-state index contributed by atoms with van der Waals surface area (Å²) in [5.41, 5.74) is 16.2. The zero-order valence-corrected chi connectivity index (χ0v) is 19.3. The van der Waals surface area contributed by atoms with E-state index in [-0.39, 0.29) is 24.1 Å². The molecule has 5 heterocycles. The summed E-state index contributed by atoms with van der Waals surface area (Å²) < 4.78 is 9.88. The number of aromatic nitrogens is 7. The number of nitrogens with two attached hydrogens (primary N) is 2. The molecule has 4 aromatic heterocycles. The van der Waals surface area contributed by atoms with Crippen molar-refractivity contribution in [3.63, 3.8) is 0 Å². The number of amides is 1. The average Bonchev–Trinajstić information content (AvgIpc) is 3.57. The van der Waals surface area contributed by atoms with Gasteiger partial charge in [0.25, 0.3) is 0 Å². The molecule has 5 N–H and O–H groups in total. The Morgan fingerprint density at radius 1 is 1.20 bits per heavy atom. The summed E-state index contributed by atoms with van der Waals surface area (Å²) in [6.07, 6.45) is 9.67. The molecule has 3 unspecified atom stereocenters. The second kappa shape index (κ2) is 8.31. The number of anilines is 2. The van der Waals surface area contributed by atoms with E-state index in [0.717, 1.165) is 40.7 Å². The number of nitrogens with one attached hydrogen (secondary N) is 1. The van der Waals surface area contributed by atoms with E-state index in [1.165, 1.54) is 6.33 Å². The van der Waals surface area contributed by atoms with Gasteiger partial charge in [0.2, 0.25) is 11.9 Å². The highest BCUT2D eigenvalue weighted by Crippen LogP contribution is 2.37. The number of rotatable bonds is 4. The highest BCUT2D eigenvalue weighted by Gasteiger charge is 2.35. The van der Waals surface area contributed by atoms with Crippen molar-refractivity contribution in [2.24, 2.45) is 7.05 Å². The van der Waals surface area contributed by atoms with Crippen LogP contribution in [-0.4, -0.2) is 52.3 Å². The van der Waals surface area contributed by atoms with Gasteiger partial charge < -0.3 is 26.1 Å². The summed E-state index contributed by atoms with van der Waals surface area (Å²) in [7, 11) is 1.86. The van der Waals surface area contributed by atoms with Gasteiger partial charge in [0.05, 0.1) is 16.8 Å².